The van der Waals surface area contributed by atoms with Gasteiger partial charge >= 0.3 is 0 Å². The lowest BCUT2D eigenvalue weighted by Gasteiger charge is -2.50. The summed E-state index contributed by atoms with van der Waals surface area (Å²) in [7, 11) is 0. The largest absolute Gasteiger partial charge is 0.458 e. The molecule has 3 aromatic carbocycles. The summed E-state index contributed by atoms with van der Waals surface area (Å²) in [6.07, 6.45) is 2.33. The Bertz CT molecular complexity index is 1560. The molecule has 0 radical (unpaired) electrons. The minimum absolute atomic E-state index is 0.243. The van der Waals surface area contributed by atoms with E-state index in [-0.39, 0.29) is 24.6 Å². The lowest BCUT2D eigenvalue weighted by molar-refractivity contribution is -0.366. The molecule has 0 spiro atoms. The molecule has 2 N–H and O–H groups in total. The van der Waals surface area contributed by atoms with Crippen molar-refractivity contribution in [2.24, 2.45) is 0 Å². The maximum atomic E-state index is 7.14. The van der Waals surface area contributed by atoms with E-state index in [9.17, 15) is 0 Å². The number of hydrogen-bond donors (Lipinski definition) is 1. The first-order chi connectivity index (χ1) is 20.4. The van der Waals surface area contributed by atoms with Gasteiger partial charge in [-0.3, -0.25) is 0 Å². The highest BCUT2D eigenvalue weighted by molar-refractivity contribution is 5.85. The molecule has 214 valence electrons. The number of fused-ring (bicyclic) bond motifs is 3. The molecule has 7 rings (SSSR count). The molecule has 0 aliphatic carbocycles. The van der Waals surface area contributed by atoms with E-state index in [2.05, 4.69) is 46.4 Å². The Hall–Kier alpha value is -4.08. The van der Waals surface area contributed by atoms with Gasteiger partial charge in [0.05, 0.1) is 25.1 Å². The fourth-order valence-electron chi connectivity index (χ4n) is 6.34. The average molecular weight is 564 g/mol. The Morgan fingerprint density at radius 2 is 1.40 bits per heavy atom. The summed E-state index contributed by atoms with van der Waals surface area (Å²) in [6.45, 7) is 4.13. The third-order valence-electron chi connectivity index (χ3n) is 8.13. The molecule has 0 amide bonds. The van der Waals surface area contributed by atoms with Crippen molar-refractivity contribution in [1.29, 1.82) is 0 Å². The number of hydrogen-bond acceptors (Lipinski definition) is 8. The molecule has 8 nitrogen and oxygen atoms in total. The van der Waals surface area contributed by atoms with E-state index in [4.69, 9.17) is 29.1 Å². The lowest BCUT2D eigenvalue weighted by Crippen LogP contribution is -2.57. The Morgan fingerprint density at radius 1 is 0.833 bits per heavy atom. The van der Waals surface area contributed by atoms with Gasteiger partial charge < -0.3 is 29.1 Å². The number of benzene rings is 3. The molecule has 42 heavy (non-hydrogen) atoms. The minimum atomic E-state index is -0.885. The standard InChI is InChI=1S/C34H33N3O5/c1-33(2)41-26-18-27(42-33)30(25-19-38-31-29(25)36-21-37-32(31)35)40-28(26)20-39-34(22-12-6-3-7-13-22,23-14-8-4-9-15-23)24-16-10-5-11-17-24/h3-17,19,21,26-28,30H,18,20H2,1-2H3,(H2,35,36,37)/t26-,27?,28?,30?/m0/s1. The second-order valence-corrected chi connectivity index (χ2v) is 11.3. The van der Waals surface area contributed by atoms with E-state index in [1.54, 1.807) is 6.26 Å². The van der Waals surface area contributed by atoms with Gasteiger partial charge in [0.2, 0.25) is 0 Å². The second kappa shape index (κ2) is 10.6. The Balaban J connectivity index is 1.29. The zero-order chi connectivity index (χ0) is 28.7. The van der Waals surface area contributed by atoms with Gasteiger partial charge in [0.1, 0.15) is 29.7 Å². The van der Waals surface area contributed by atoms with Crippen LogP contribution in [0.4, 0.5) is 5.82 Å². The van der Waals surface area contributed by atoms with Crippen molar-refractivity contribution in [2.75, 3.05) is 12.3 Å². The molecule has 3 unspecified atom stereocenters. The number of nitrogen functional groups attached to an aromatic ring is 1. The van der Waals surface area contributed by atoms with E-state index in [1.807, 2.05) is 68.4 Å². The van der Waals surface area contributed by atoms with E-state index >= 15 is 0 Å². The number of ether oxygens (including phenoxy) is 4. The van der Waals surface area contributed by atoms with Gasteiger partial charge in [0.15, 0.2) is 17.2 Å². The van der Waals surface area contributed by atoms with E-state index in [1.165, 1.54) is 6.33 Å². The van der Waals surface area contributed by atoms with E-state index in [0.717, 1.165) is 22.3 Å². The molecule has 8 heteroatoms. The third kappa shape index (κ3) is 4.66. The maximum Gasteiger partial charge on any atom is 0.194 e. The lowest BCUT2D eigenvalue weighted by atomic mass is 9.80. The maximum absolute atomic E-state index is 7.14. The van der Waals surface area contributed by atoms with Gasteiger partial charge in [-0.15, -0.1) is 0 Å². The van der Waals surface area contributed by atoms with Gasteiger partial charge in [-0.2, -0.15) is 0 Å². The SMILES string of the molecule is CC1(C)OC2C[C@H](O1)C(COC(c1ccccc1)(c1ccccc1)c1ccccc1)OC2c1coc2c(N)ncnc12. The van der Waals surface area contributed by atoms with Crippen molar-refractivity contribution in [3.8, 4) is 0 Å². The van der Waals surface area contributed by atoms with Gasteiger partial charge in [-0.25, -0.2) is 9.97 Å². The molecule has 2 aliphatic heterocycles. The molecule has 4 heterocycles. The molecule has 2 aliphatic rings. The Labute approximate surface area is 244 Å². The highest BCUT2D eigenvalue weighted by atomic mass is 16.7. The fourth-order valence-corrected chi connectivity index (χ4v) is 6.34. The minimum Gasteiger partial charge on any atom is -0.458 e. The monoisotopic (exact) mass is 563 g/mol. The highest BCUT2D eigenvalue weighted by Crippen LogP contribution is 2.46. The summed E-state index contributed by atoms with van der Waals surface area (Å²) in [5.74, 6) is -0.525. The molecule has 0 saturated carbocycles. The summed E-state index contributed by atoms with van der Waals surface area (Å²) in [5.41, 5.74) is 10.1. The number of furan rings is 1. The first kappa shape index (κ1) is 26.8. The van der Waals surface area contributed by atoms with E-state index in [0.29, 0.717) is 17.5 Å². The number of nitrogens with two attached hydrogens (primary N) is 1. The Kier molecular flexibility index (Phi) is 6.79. The topological polar surface area (TPSA) is 102 Å². The van der Waals surface area contributed by atoms with Gasteiger partial charge in [-0.05, 0) is 30.5 Å². The fraction of sp³-hybridized carbons (Fsp3) is 0.294. The van der Waals surface area contributed by atoms with Gasteiger partial charge in [0, 0.05) is 12.0 Å². The summed E-state index contributed by atoms with van der Waals surface area (Å²) in [4.78, 5) is 8.54. The molecule has 2 saturated heterocycles. The predicted molar refractivity (Wildman–Crippen MR) is 157 cm³/mol. The zero-order valence-corrected chi connectivity index (χ0v) is 23.6. The van der Waals surface area contributed by atoms with Crippen molar-refractivity contribution in [3.05, 3.63) is 126 Å². The smallest absolute Gasteiger partial charge is 0.194 e. The summed E-state index contributed by atoms with van der Waals surface area (Å²) in [5, 5.41) is 0. The van der Waals surface area contributed by atoms with Crippen LogP contribution in [0.3, 0.4) is 0 Å². The van der Waals surface area contributed by atoms with Crippen LogP contribution in [0.5, 0.6) is 0 Å². The van der Waals surface area contributed by atoms with Crippen LogP contribution in [-0.4, -0.2) is 40.7 Å². The Morgan fingerprint density at radius 3 is 2.00 bits per heavy atom. The summed E-state index contributed by atoms with van der Waals surface area (Å²) < 4.78 is 32.5. The van der Waals surface area contributed by atoms with Crippen molar-refractivity contribution in [3.63, 3.8) is 0 Å². The highest BCUT2D eigenvalue weighted by Gasteiger charge is 2.50. The molecule has 2 aromatic heterocycles. The normalized spacial score (nSPS) is 23.6. The third-order valence-corrected chi connectivity index (χ3v) is 8.13. The quantitative estimate of drug-likeness (QED) is 0.235. The molecular weight excluding hydrogens is 530 g/mol. The zero-order valence-electron chi connectivity index (χ0n) is 23.6. The van der Waals surface area contributed by atoms with Crippen molar-refractivity contribution in [1.82, 2.24) is 9.97 Å². The van der Waals surface area contributed by atoms with Crippen molar-refractivity contribution < 1.29 is 23.4 Å². The van der Waals surface area contributed by atoms with Crippen LogP contribution in [0, 0.1) is 0 Å². The van der Waals surface area contributed by atoms with Crippen LogP contribution in [0.1, 0.15) is 48.6 Å². The van der Waals surface area contributed by atoms with Crippen LogP contribution in [0.2, 0.25) is 0 Å². The molecule has 2 fully saturated rings. The van der Waals surface area contributed by atoms with Crippen LogP contribution in [0.15, 0.2) is 108 Å². The van der Waals surface area contributed by atoms with Crippen LogP contribution >= 0.6 is 0 Å². The van der Waals surface area contributed by atoms with Crippen LogP contribution < -0.4 is 5.73 Å². The number of anilines is 1. The van der Waals surface area contributed by atoms with E-state index < -0.39 is 23.6 Å². The molecule has 4 atom stereocenters. The summed E-state index contributed by atoms with van der Waals surface area (Å²) >= 11 is 0. The number of aromatic nitrogens is 2. The first-order valence-electron chi connectivity index (χ1n) is 14.2. The summed E-state index contributed by atoms with van der Waals surface area (Å²) in [6, 6.07) is 30.9. The van der Waals surface area contributed by atoms with Gasteiger partial charge in [0.25, 0.3) is 0 Å². The van der Waals surface area contributed by atoms with Crippen LogP contribution in [-0.2, 0) is 24.5 Å². The number of nitrogens with zero attached hydrogens (tertiary/aromatic N) is 2. The van der Waals surface area contributed by atoms with Crippen LogP contribution in [0.25, 0.3) is 11.1 Å². The second-order valence-electron chi connectivity index (χ2n) is 11.3. The molecular formula is C34H33N3O5. The predicted octanol–water partition coefficient (Wildman–Crippen LogP) is 6.16. The molecule has 5 aromatic rings. The first-order valence-corrected chi connectivity index (χ1v) is 14.2. The average Bonchev–Trinajstić information content (AvgIpc) is 3.45. The molecule has 2 bridgehead atoms. The van der Waals surface area contributed by atoms with Gasteiger partial charge in [-0.1, -0.05) is 91.0 Å². The number of rotatable bonds is 7. The van der Waals surface area contributed by atoms with Crippen molar-refractivity contribution >= 4 is 16.9 Å². The van der Waals surface area contributed by atoms with Crippen molar-refractivity contribution in [2.45, 2.75) is 56.1 Å².